The summed E-state index contributed by atoms with van der Waals surface area (Å²) in [6.07, 6.45) is 1.25. The predicted molar refractivity (Wildman–Crippen MR) is 74.5 cm³/mol. The second-order valence-electron chi connectivity index (χ2n) is 5.49. The van der Waals surface area contributed by atoms with Crippen LogP contribution in [0.2, 0.25) is 0 Å². The lowest BCUT2D eigenvalue weighted by molar-refractivity contribution is 0.380. The van der Waals surface area contributed by atoms with Crippen molar-refractivity contribution >= 4 is 17.0 Å². The third-order valence-electron chi connectivity index (χ3n) is 3.86. The van der Waals surface area contributed by atoms with Gasteiger partial charge < -0.3 is 15.2 Å². The fourth-order valence-corrected chi connectivity index (χ4v) is 2.88. The van der Waals surface area contributed by atoms with Gasteiger partial charge in [-0.2, -0.15) is 0 Å². The molecule has 0 radical (unpaired) electrons. The highest BCUT2D eigenvalue weighted by molar-refractivity contribution is 5.79. The largest absolute Gasteiger partial charge is 0.369 e. The van der Waals surface area contributed by atoms with Crippen LogP contribution in [0.3, 0.4) is 0 Å². The summed E-state index contributed by atoms with van der Waals surface area (Å²) < 4.78 is 2.17. The number of rotatable bonds is 2. The Balaban J connectivity index is 1.93. The van der Waals surface area contributed by atoms with Crippen LogP contribution >= 0.6 is 0 Å². The summed E-state index contributed by atoms with van der Waals surface area (Å²) in [5, 5.41) is 0. The molecule has 1 saturated heterocycles. The molecule has 1 aliphatic heterocycles. The minimum Gasteiger partial charge on any atom is -0.369 e. The summed E-state index contributed by atoms with van der Waals surface area (Å²) in [4.78, 5) is 6.84. The van der Waals surface area contributed by atoms with Crippen LogP contribution in [-0.4, -0.2) is 34.6 Å². The van der Waals surface area contributed by atoms with Crippen LogP contribution in [0.15, 0.2) is 18.2 Å². The average Bonchev–Trinajstić information content (AvgIpc) is 2.84. The first-order valence-corrected chi connectivity index (χ1v) is 6.54. The fourth-order valence-electron chi connectivity index (χ4n) is 2.88. The highest BCUT2D eigenvalue weighted by Gasteiger charge is 2.21. The topological polar surface area (TPSA) is 47.1 Å². The van der Waals surface area contributed by atoms with Crippen molar-refractivity contribution in [1.29, 1.82) is 0 Å². The molecule has 0 amide bonds. The van der Waals surface area contributed by atoms with Crippen LogP contribution in [0.25, 0.3) is 11.0 Å². The number of imidazole rings is 1. The van der Waals surface area contributed by atoms with Gasteiger partial charge in [-0.1, -0.05) is 6.07 Å². The molecule has 3 rings (SSSR count). The second kappa shape index (κ2) is 4.28. The molecule has 96 valence electrons. The molecular weight excluding hydrogens is 224 g/mol. The number of nitrogens with zero attached hydrogens (tertiary/aromatic N) is 3. The first-order chi connectivity index (χ1) is 8.63. The van der Waals surface area contributed by atoms with Gasteiger partial charge >= 0.3 is 0 Å². The monoisotopic (exact) mass is 244 g/mol. The van der Waals surface area contributed by atoms with Crippen LogP contribution in [0.1, 0.15) is 12.0 Å². The van der Waals surface area contributed by atoms with Crippen LogP contribution in [-0.2, 0) is 6.54 Å². The van der Waals surface area contributed by atoms with Gasteiger partial charge in [0.1, 0.15) is 0 Å². The maximum Gasteiger partial charge on any atom is 0.201 e. The van der Waals surface area contributed by atoms with Crippen LogP contribution in [0.5, 0.6) is 0 Å². The SMILES string of the molecule is Cc1ccc2c(c1)nc(N)n2CC1CCN(C)C1. The van der Waals surface area contributed by atoms with E-state index in [1.165, 1.54) is 18.5 Å². The molecule has 2 N–H and O–H groups in total. The molecule has 18 heavy (non-hydrogen) atoms. The second-order valence-corrected chi connectivity index (χ2v) is 5.49. The van der Waals surface area contributed by atoms with Gasteiger partial charge in [0.2, 0.25) is 5.95 Å². The fraction of sp³-hybridized carbons (Fsp3) is 0.500. The van der Waals surface area contributed by atoms with E-state index in [1.54, 1.807) is 0 Å². The first-order valence-electron chi connectivity index (χ1n) is 6.54. The standard InChI is InChI=1S/C14H20N4/c1-10-3-4-13-12(7-10)16-14(15)18(13)9-11-5-6-17(2)8-11/h3-4,7,11H,5-6,8-9H2,1-2H3,(H2,15,16). The van der Waals surface area contributed by atoms with Gasteiger partial charge in [0.25, 0.3) is 0 Å². The van der Waals surface area contributed by atoms with Gasteiger partial charge in [0.05, 0.1) is 11.0 Å². The first kappa shape index (κ1) is 11.5. The molecule has 0 aliphatic carbocycles. The van der Waals surface area contributed by atoms with Crippen molar-refractivity contribution in [2.45, 2.75) is 19.9 Å². The van der Waals surface area contributed by atoms with Crippen LogP contribution in [0.4, 0.5) is 5.95 Å². The lowest BCUT2D eigenvalue weighted by atomic mass is 10.1. The third-order valence-corrected chi connectivity index (χ3v) is 3.86. The molecule has 0 spiro atoms. The Kier molecular flexibility index (Phi) is 2.74. The van der Waals surface area contributed by atoms with Crippen molar-refractivity contribution in [3.63, 3.8) is 0 Å². The number of anilines is 1. The molecule has 1 fully saturated rings. The smallest absolute Gasteiger partial charge is 0.201 e. The number of nitrogen functional groups attached to an aromatic ring is 1. The molecule has 1 aromatic carbocycles. The summed E-state index contributed by atoms with van der Waals surface area (Å²) in [7, 11) is 2.18. The lowest BCUT2D eigenvalue weighted by Crippen LogP contribution is -2.17. The van der Waals surface area contributed by atoms with Gasteiger partial charge in [-0.25, -0.2) is 4.98 Å². The maximum atomic E-state index is 6.05. The number of aryl methyl sites for hydroxylation is 1. The number of hydrogen-bond acceptors (Lipinski definition) is 3. The highest BCUT2D eigenvalue weighted by atomic mass is 15.2. The van der Waals surface area contributed by atoms with Gasteiger partial charge in [-0.15, -0.1) is 0 Å². The normalized spacial score (nSPS) is 20.9. The van der Waals surface area contributed by atoms with Gasteiger partial charge in [0, 0.05) is 13.1 Å². The van der Waals surface area contributed by atoms with E-state index in [9.17, 15) is 0 Å². The summed E-state index contributed by atoms with van der Waals surface area (Å²) in [5.41, 5.74) is 9.46. The number of likely N-dealkylation sites (tertiary alicyclic amines) is 1. The van der Waals surface area contributed by atoms with Gasteiger partial charge in [-0.3, -0.25) is 0 Å². The maximum absolute atomic E-state index is 6.05. The molecule has 1 unspecified atom stereocenters. The Bertz CT molecular complexity index is 572. The Morgan fingerprint density at radius 1 is 1.44 bits per heavy atom. The number of benzene rings is 1. The molecule has 4 nitrogen and oxygen atoms in total. The third kappa shape index (κ3) is 1.97. The van der Waals surface area contributed by atoms with E-state index in [-0.39, 0.29) is 0 Å². The van der Waals surface area contributed by atoms with Crippen molar-refractivity contribution in [2.75, 3.05) is 25.9 Å². The Labute approximate surface area is 107 Å². The van der Waals surface area contributed by atoms with Crippen LogP contribution in [0, 0.1) is 12.8 Å². The van der Waals surface area contributed by atoms with E-state index in [0.717, 1.165) is 24.1 Å². The lowest BCUT2D eigenvalue weighted by Gasteiger charge is -2.13. The minimum absolute atomic E-state index is 0.644. The van der Waals surface area contributed by atoms with Crippen LogP contribution < -0.4 is 5.73 Å². The predicted octanol–water partition coefficient (Wildman–Crippen LogP) is 1.88. The Hall–Kier alpha value is -1.55. The van der Waals surface area contributed by atoms with E-state index in [2.05, 4.69) is 46.6 Å². The molecule has 1 atom stereocenters. The summed E-state index contributed by atoms with van der Waals surface area (Å²) in [5.74, 6) is 1.33. The van der Waals surface area contributed by atoms with E-state index >= 15 is 0 Å². The zero-order valence-electron chi connectivity index (χ0n) is 11.1. The van der Waals surface area contributed by atoms with E-state index in [0.29, 0.717) is 11.9 Å². The molecule has 1 aromatic heterocycles. The minimum atomic E-state index is 0.644. The van der Waals surface area contributed by atoms with Crippen molar-refractivity contribution in [3.8, 4) is 0 Å². The quantitative estimate of drug-likeness (QED) is 0.877. The van der Waals surface area contributed by atoms with Crippen molar-refractivity contribution in [2.24, 2.45) is 5.92 Å². The molecule has 0 bridgehead atoms. The molecule has 1 aliphatic rings. The van der Waals surface area contributed by atoms with Crippen molar-refractivity contribution in [1.82, 2.24) is 14.5 Å². The number of nitrogens with two attached hydrogens (primary N) is 1. The van der Waals surface area contributed by atoms with Gasteiger partial charge in [-0.05, 0) is 50.6 Å². The van der Waals surface area contributed by atoms with Gasteiger partial charge in [0.15, 0.2) is 0 Å². The zero-order valence-corrected chi connectivity index (χ0v) is 11.1. The van der Waals surface area contributed by atoms with Crippen molar-refractivity contribution in [3.05, 3.63) is 23.8 Å². The summed E-state index contributed by atoms with van der Waals surface area (Å²) in [6.45, 7) is 5.41. The Morgan fingerprint density at radius 3 is 3.00 bits per heavy atom. The molecule has 2 aromatic rings. The average molecular weight is 244 g/mol. The van der Waals surface area contributed by atoms with E-state index in [4.69, 9.17) is 5.73 Å². The summed E-state index contributed by atoms with van der Waals surface area (Å²) >= 11 is 0. The van der Waals surface area contributed by atoms with Crippen molar-refractivity contribution < 1.29 is 0 Å². The zero-order chi connectivity index (χ0) is 12.7. The molecular formula is C14H20N4. The Morgan fingerprint density at radius 2 is 2.28 bits per heavy atom. The number of aromatic nitrogens is 2. The number of fused-ring (bicyclic) bond motifs is 1. The highest BCUT2D eigenvalue weighted by Crippen LogP contribution is 2.23. The van der Waals surface area contributed by atoms with E-state index in [1.807, 2.05) is 0 Å². The molecule has 4 heteroatoms. The number of hydrogen-bond donors (Lipinski definition) is 1. The molecule has 0 saturated carbocycles. The molecule has 2 heterocycles. The summed E-state index contributed by atoms with van der Waals surface area (Å²) in [6, 6.07) is 6.36. The van der Waals surface area contributed by atoms with E-state index < -0.39 is 0 Å².